The molecule has 0 saturated heterocycles. The van der Waals surface area contributed by atoms with Gasteiger partial charge in [-0.2, -0.15) is 5.10 Å². The molecule has 0 aliphatic carbocycles. The molecule has 0 spiro atoms. The van der Waals surface area contributed by atoms with Crippen molar-refractivity contribution in [1.29, 1.82) is 0 Å². The van der Waals surface area contributed by atoms with Crippen LogP contribution in [0.15, 0.2) is 6.20 Å². The second kappa shape index (κ2) is 9.08. The van der Waals surface area contributed by atoms with Crippen molar-refractivity contribution in [2.24, 2.45) is 7.05 Å². The first-order chi connectivity index (χ1) is 8.74. The molecule has 1 rings (SSSR count). The van der Waals surface area contributed by atoms with E-state index in [-0.39, 0.29) is 0 Å². The molecular weight excluding hydrogens is 230 g/mol. The van der Waals surface area contributed by atoms with Gasteiger partial charge in [0.25, 0.3) is 0 Å². The molecule has 0 aromatic carbocycles. The number of nitrogens with one attached hydrogen (secondary N) is 1. The minimum Gasteiger partial charge on any atom is -0.382 e. The summed E-state index contributed by atoms with van der Waals surface area (Å²) in [7, 11) is 3.64. The van der Waals surface area contributed by atoms with Crippen LogP contribution in [0, 0.1) is 6.92 Å². The van der Waals surface area contributed by atoms with E-state index in [1.165, 1.54) is 5.56 Å². The molecule has 1 aromatic heterocycles. The smallest absolute Gasteiger partial charge is 0.0700 e. The lowest BCUT2D eigenvalue weighted by Crippen LogP contribution is -2.15. The van der Waals surface area contributed by atoms with E-state index in [1.807, 2.05) is 18.7 Å². The van der Waals surface area contributed by atoms with Crippen molar-refractivity contribution < 1.29 is 9.47 Å². The van der Waals surface area contributed by atoms with Gasteiger partial charge >= 0.3 is 0 Å². The van der Waals surface area contributed by atoms with Crippen molar-refractivity contribution >= 4 is 0 Å². The molecule has 0 saturated carbocycles. The molecule has 0 atom stereocenters. The first kappa shape index (κ1) is 15.1. The fourth-order valence-corrected chi connectivity index (χ4v) is 1.74. The zero-order valence-electron chi connectivity index (χ0n) is 11.7. The average molecular weight is 255 g/mol. The first-order valence-corrected chi connectivity index (χ1v) is 6.50. The third-order valence-corrected chi connectivity index (χ3v) is 2.75. The van der Waals surface area contributed by atoms with E-state index in [0.717, 1.165) is 38.2 Å². The van der Waals surface area contributed by atoms with E-state index < -0.39 is 0 Å². The molecule has 5 nitrogen and oxygen atoms in total. The number of nitrogens with zero attached hydrogens (tertiary/aromatic N) is 2. The van der Waals surface area contributed by atoms with Crippen LogP contribution in [0.2, 0.25) is 0 Å². The Labute approximate surface area is 109 Å². The Morgan fingerprint density at radius 3 is 2.78 bits per heavy atom. The quantitative estimate of drug-likeness (QED) is 0.640. The summed E-state index contributed by atoms with van der Waals surface area (Å²) < 4.78 is 12.2. The maximum absolute atomic E-state index is 5.40. The highest BCUT2D eigenvalue weighted by Crippen LogP contribution is 2.03. The normalized spacial score (nSPS) is 11.1. The van der Waals surface area contributed by atoms with E-state index in [9.17, 15) is 0 Å². The van der Waals surface area contributed by atoms with Gasteiger partial charge in [-0.3, -0.25) is 4.68 Å². The summed E-state index contributed by atoms with van der Waals surface area (Å²) in [6, 6.07) is 0. The van der Waals surface area contributed by atoms with Crippen LogP contribution >= 0.6 is 0 Å². The van der Waals surface area contributed by atoms with Crippen LogP contribution in [0.3, 0.4) is 0 Å². The summed E-state index contributed by atoms with van der Waals surface area (Å²) in [5.74, 6) is 0. The van der Waals surface area contributed by atoms with Crippen molar-refractivity contribution in [3.63, 3.8) is 0 Å². The zero-order valence-corrected chi connectivity index (χ0v) is 11.7. The van der Waals surface area contributed by atoms with Crippen LogP contribution in [0.1, 0.15) is 24.1 Å². The molecule has 5 heteroatoms. The number of hydrogen-bond donors (Lipinski definition) is 1. The number of methoxy groups -OCH3 is 1. The predicted molar refractivity (Wildman–Crippen MR) is 71.6 cm³/mol. The van der Waals surface area contributed by atoms with Crippen molar-refractivity contribution in [2.75, 3.05) is 33.5 Å². The summed E-state index contributed by atoms with van der Waals surface area (Å²) in [5.41, 5.74) is 2.38. The number of aromatic nitrogens is 2. The molecule has 0 aliphatic rings. The summed E-state index contributed by atoms with van der Waals surface area (Å²) in [6.45, 7) is 6.14. The molecule has 18 heavy (non-hydrogen) atoms. The van der Waals surface area contributed by atoms with Gasteiger partial charge in [0, 0.05) is 39.1 Å². The van der Waals surface area contributed by atoms with Crippen LogP contribution in [-0.4, -0.2) is 43.3 Å². The molecule has 104 valence electrons. The van der Waals surface area contributed by atoms with Gasteiger partial charge in [-0.25, -0.2) is 0 Å². The molecule has 0 bridgehead atoms. The molecule has 0 aliphatic heterocycles. The van der Waals surface area contributed by atoms with Crippen molar-refractivity contribution in [1.82, 2.24) is 15.1 Å². The van der Waals surface area contributed by atoms with Gasteiger partial charge in [0.15, 0.2) is 0 Å². The third kappa shape index (κ3) is 6.14. The Morgan fingerprint density at radius 1 is 1.28 bits per heavy atom. The van der Waals surface area contributed by atoms with Crippen LogP contribution in [0.5, 0.6) is 0 Å². The van der Waals surface area contributed by atoms with Crippen LogP contribution < -0.4 is 5.32 Å². The standard InChI is InChI=1S/C13H25N3O2/c1-12-13(11-16(2)15-12)10-14-6-4-5-7-18-9-8-17-3/h11,14H,4-10H2,1-3H3. The van der Waals surface area contributed by atoms with Gasteiger partial charge in [-0.1, -0.05) is 0 Å². The largest absolute Gasteiger partial charge is 0.382 e. The predicted octanol–water partition coefficient (Wildman–Crippen LogP) is 1.26. The summed E-state index contributed by atoms with van der Waals surface area (Å²) in [6.07, 6.45) is 4.28. The van der Waals surface area contributed by atoms with Gasteiger partial charge < -0.3 is 14.8 Å². The highest BCUT2D eigenvalue weighted by molar-refractivity contribution is 5.14. The monoisotopic (exact) mass is 255 g/mol. The maximum atomic E-state index is 5.40. The number of aryl methyl sites for hydroxylation is 2. The van der Waals surface area contributed by atoms with E-state index in [2.05, 4.69) is 16.6 Å². The van der Waals surface area contributed by atoms with Crippen molar-refractivity contribution in [3.05, 3.63) is 17.5 Å². The molecule has 1 N–H and O–H groups in total. The maximum Gasteiger partial charge on any atom is 0.0700 e. The number of rotatable bonds is 10. The topological polar surface area (TPSA) is 48.3 Å². The molecule has 0 radical (unpaired) electrons. The van der Waals surface area contributed by atoms with Gasteiger partial charge in [0.05, 0.1) is 18.9 Å². The molecule has 1 heterocycles. The second-order valence-corrected chi connectivity index (χ2v) is 4.40. The van der Waals surface area contributed by atoms with E-state index in [1.54, 1.807) is 7.11 Å². The van der Waals surface area contributed by atoms with E-state index >= 15 is 0 Å². The number of ether oxygens (including phenoxy) is 2. The third-order valence-electron chi connectivity index (χ3n) is 2.75. The molecule has 0 amide bonds. The Bertz CT molecular complexity index is 326. The summed E-state index contributed by atoms with van der Waals surface area (Å²) in [4.78, 5) is 0. The number of unbranched alkanes of at least 4 members (excludes halogenated alkanes) is 1. The van der Waals surface area contributed by atoms with Crippen LogP contribution in [-0.2, 0) is 23.1 Å². The van der Waals surface area contributed by atoms with Crippen molar-refractivity contribution in [2.45, 2.75) is 26.3 Å². The molecular formula is C13H25N3O2. The zero-order chi connectivity index (χ0) is 13.2. The Kier molecular flexibility index (Phi) is 7.64. The number of hydrogen-bond acceptors (Lipinski definition) is 4. The van der Waals surface area contributed by atoms with Gasteiger partial charge in [0.1, 0.15) is 0 Å². The molecule has 1 aromatic rings. The minimum absolute atomic E-state index is 0.679. The van der Waals surface area contributed by atoms with Gasteiger partial charge in [-0.15, -0.1) is 0 Å². The lowest BCUT2D eigenvalue weighted by molar-refractivity contribution is 0.0688. The van der Waals surface area contributed by atoms with Crippen LogP contribution in [0.4, 0.5) is 0 Å². The van der Waals surface area contributed by atoms with Crippen LogP contribution in [0.25, 0.3) is 0 Å². The summed E-state index contributed by atoms with van der Waals surface area (Å²) in [5, 5.41) is 7.74. The summed E-state index contributed by atoms with van der Waals surface area (Å²) >= 11 is 0. The average Bonchev–Trinajstić information content (AvgIpc) is 2.66. The SMILES string of the molecule is COCCOCCCCNCc1cn(C)nc1C. The lowest BCUT2D eigenvalue weighted by Gasteiger charge is -2.05. The fourth-order valence-electron chi connectivity index (χ4n) is 1.74. The van der Waals surface area contributed by atoms with Gasteiger partial charge in [0.2, 0.25) is 0 Å². The Balaban J connectivity index is 1.94. The first-order valence-electron chi connectivity index (χ1n) is 6.50. The van der Waals surface area contributed by atoms with E-state index in [0.29, 0.717) is 13.2 Å². The van der Waals surface area contributed by atoms with E-state index in [4.69, 9.17) is 9.47 Å². The fraction of sp³-hybridized carbons (Fsp3) is 0.769. The Hall–Kier alpha value is -0.910. The second-order valence-electron chi connectivity index (χ2n) is 4.40. The lowest BCUT2D eigenvalue weighted by atomic mass is 10.2. The highest BCUT2D eigenvalue weighted by Gasteiger charge is 2.01. The highest BCUT2D eigenvalue weighted by atomic mass is 16.5. The minimum atomic E-state index is 0.679. The van der Waals surface area contributed by atoms with Gasteiger partial charge in [-0.05, 0) is 26.3 Å². The Morgan fingerprint density at radius 2 is 2.11 bits per heavy atom. The molecule has 0 fully saturated rings. The van der Waals surface area contributed by atoms with Crippen molar-refractivity contribution in [3.8, 4) is 0 Å². The molecule has 0 unspecified atom stereocenters.